The minimum Gasteiger partial charge on any atom is -0.350 e. The second kappa shape index (κ2) is 7.63. The lowest BCUT2D eigenvalue weighted by molar-refractivity contribution is 0.101. The molecule has 0 fully saturated rings. The first kappa shape index (κ1) is 18.5. The molecular formula is C22H19N5O2. The number of aromatic nitrogens is 4. The molecule has 0 saturated carbocycles. The van der Waals surface area contributed by atoms with Gasteiger partial charge in [0.05, 0.1) is 11.1 Å². The number of nitrogens with zero attached hydrogens (tertiary/aromatic N) is 4. The summed E-state index contributed by atoms with van der Waals surface area (Å²) in [5, 5.41) is 8.51. The van der Waals surface area contributed by atoms with Crippen LogP contribution in [0.5, 0.6) is 0 Å². The van der Waals surface area contributed by atoms with E-state index < -0.39 is 0 Å². The SMILES string of the molecule is CCn1nc(-c2ccncc2)c(C(C)=O)c(Nc2cccc3ncccc23)c1=O. The van der Waals surface area contributed by atoms with Gasteiger partial charge in [-0.15, -0.1) is 0 Å². The molecule has 144 valence electrons. The fourth-order valence-electron chi connectivity index (χ4n) is 3.30. The highest BCUT2D eigenvalue weighted by Crippen LogP contribution is 2.29. The largest absolute Gasteiger partial charge is 0.350 e. The summed E-state index contributed by atoms with van der Waals surface area (Å²) in [5.41, 5.74) is 2.77. The number of nitrogens with one attached hydrogen (secondary N) is 1. The number of aryl methyl sites for hydroxylation is 1. The Labute approximate surface area is 167 Å². The summed E-state index contributed by atoms with van der Waals surface area (Å²) in [6.45, 7) is 3.65. The van der Waals surface area contributed by atoms with E-state index in [9.17, 15) is 9.59 Å². The number of Topliss-reactive ketones (excluding diaryl/α,β-unsaturated/α-hetero) is 1. The smallest absolute Gasteiger partial charge is 0.291 e. The van der Waals surface area contributed by atoms with Crippen LogP contribution in [0.3, 0.4) is 0 Å². The van der Waals surface area contributed by atoms with Gasteiger partial charge < -0.3 is 5.32 Å². The first-order valence-electron chi connectivity index (χ1n) is 9.27. The molecule has 4 rings (SSSR count). The highest BCUT2D eigenvalue weighted by atomic mass is 16.1. The maximum absolute atomic E-state index is 13.1. The number of fused-ring (bicyclic) bond motifs is 1. The number of pyridine rings is 2. The molecule has 1 N–H and O–H groups in total. The Balaban J connectivity index is 1.99. The number of ketones is 1. The minimum atomic E-state index is -0.351. The van der Waals surface area contributed by atoms with E-state index in [4.69, 9.17) is 0 Å². The van der Waals surface area contributed by atoms with Crippen molar-refractivity contribution >= 4 is 28.1 Å². The molecule has 29 heavy (non-hydrogen) atoms. The Kier molecular flexibility index (Phi) is 4.87. The van der Waals surface area contributed by atoms with Crippen LogP contribution in [0.15, 0.2) is 65.8 Å². The van der Waals surface area contributed by atoms with Crippen LogP contribution in [-0.2, 0) is 6.54 Å². The van der Waals surface area contributed by atoms with Gasteiger partial charge in [-0.1, -0.05) is 6.07 Å². The van der Waals surface area contributed by atoms with Gasteiger partial charge in [0.1, 0.15) is 11.4 Å². The fourth-order valence-corrected chi connectivity index (χ4v) is 3.30. The van der Waals surface area contributed by atoms with Gasteiger partial charge in [0.15, 0.2) is 5.78 Å². The van der Waals surface area contributed by atoms with Gasteiger partial charge in [0.25, 0.3) is 5.56 Å². The molecule has 0 spiro atoms. The van der Waals surface area contributed by atoms with Crippen molar-refractivity contribution in [3.63, 3.8) is 0 Å². The molecule has 1 aromatic carbocycles. The summed E-state index contributed by atoms with van der Waals surface area (Å²) < 4.78 is 1.36. The van der Waals surface area contributed by atoms with E-state index in [0.29, 0.717) is 17.9 Å². The van der Waals surface area contributed by atoms with Crippen molar-refractivity contribution in [2.24, 2.45) is 0 Å². The Hall–Kier alpha value is -3.87. The lowest BCUT2D eigenvalue weighted by Gasteiger charge is -2.17. The van der Waals surface area contributed by atoms with Crippen LogP contribution in [0.25, 0.3) is 22.2 Å². The fraction of sp³-hybridized carbons (Fsp3) is 0.136. The summed E-state index contributed by atoms with van der Waals surface area (Å²) >= 11 is 0. The normalized spacial score (nSPS) is 10.8. The highest BCUT2D eigenvalue weighted by molar-refractivity contribution is 6.06. The maximum Gasteiger partial charge on any atom is 0.291 e. The molecule has 0 unspecified atom stereocenters. The topological polar surface area (TPSA) is 89.8 Å². The third-order valence-electron chi connectivity index (χ3n) is 4.67. The molecule has 0 aliphatic rings. The molecule has 0 bridgehead atoms. The molecule has 0 atom stereocenters. The minimum absolute atomic E-state index is 0.206. The zero-order valence-corrected chi connectivity index (χ0v) is 16.1. The number of carbonyl (C=O) groups excluding carboxylic acids is 1. The molecule has 3 heterocycles. The van der Waals surface area contributed by atoms with Crippen LogP contribution in [0.1, 0.15) is 24.2 Å². The molecule has 0 aliphatic carbocycles. The number of hydrogen-bond acceptors (Lipinski definition) is 6. The molecule has 3 aromatic heterocycles. The third kappa shape index (κ3) is 3.38. The molecular weight excluding hydrogens is 366 g/mol. The second-order valence-corrected chi connectivity index (χ2v) is 6.51. The molecule has 0 aliphatic heterocycles. The first-order chi connectivity index (χ1) is 14.1. The number of rotatable bonds is 5. The van der Waals surface area contributed by atoms with Crippen LogP contribution in [0.2, 0.25) is 0 Å². The summed E-state index contributed by atoms with van der Waals surface area (Å²) in [6.07, 6.45) is 4.97. The Bertz CT molecular complexity index is 1260. The molecule has 4 aromatic rings. The summed E-state index contributed by atoms with van der Waals surface area (Å²) in [5.74, 6) is -0.245. The van der Waals surface area contributed by atoms with Crippen molar-refractivity contribution in [3.05, 3.63) is 77.0 Å². The van der Waals surface area contributed by atoms with E-state index in [1.54, 1.807) is 30.7 Å². The predicted molar refractivity (Wildman–Crippen MR) is 112 cm³/mol. The monoisotopic (exact) mass is 385 g/mol. The standard InChI is InChI=1S/C22H19N5O2/c1-3-27-22(29)21(25-18-8-4-7-17-16(18)6-5-11-24-17)19(14(2)28)20(26-27)15-9-12-23-13-10-15/h4-13,25H,3H2,1-2H3. The van der Waals surface area contributed by atoms with E-state index in [-0.39, 0.29) is 22.6 Å². The Morgan fingerprint density at radius 1 is 1.07 bits per heavy atom. The second-order valence-electron chi connectivity index (χ2n) is 6.51. The third-order valence-corrected chi connectivity index (χ3v) is 4.67. The molecule has 7 nitrogen and oxygen atoms in total. The summed E-state index contributed by atoms with van der Waals surface area (Å²) in [7, 11) is 0. The van der Waals surface area contributed by atoms with Crippen molar-refractivity contribution in [2.75, 3.05) is 5.32 Å². The van der Waals surface area contributed by atoms with Crippen molar-refractivity contribution in [1.82, 2.24) is 19.7 Å². The Morgan fingerprint density at radius 3 is 2.59 bits per heavy atom. The van der Waals surface area contributed by atoms with Crippen molar-refractivity contribution in [3.8, 4) is 11.3 Å². The predicted octanol–water partition coefficient (Wildman–Crippen LogP) is 3.82. The van der Waals surface area contributed by atoms with Crippen LogP contribution < -0.4 is 10.9 Å². The zero-order chi connectivity index (χ0) is 20.4. The molecule has 0 saturated heterocycles. The van der Waals surface area contributed by atoms with E-state index >= 15 is 0 Å². The van der Waals surface area contributed by atoms with E-state index in [0.717, 1.165) is 16.5 Å². The van der Waals surface area contributed by atoms with Crippen molar-refractivity contribution in [2.45, 2.75) is 20.4 Å². The Morgan fingerprint density at radius 2 is 1.86 bits per heavy atom. The van der Waals surface area contributed by atoms with E-state index in [2.05, 4.69) is 20.4 Å². The van der Waals surface area contributed by atoms with Gasteiger partial charge in [-0.05, 0) is 50.2 Å². The lowest BCUT2D eigenvalue weighted by atomic mass is 10.0. The average molecular weight is 385 g/mol. The number of anilines is 2. The van der Waals surface area contributed by atoms with Gasteiger partial charge in [0.2, 0.25) is 0 Å². The van der Waals surface area contributed by atoms with Gasteiger partial charge in [-0.3, -0.25) is 19.6 Å². The number of benzene rings is 1. The number of carbonyl (C=O) groups is 1. The lowest BCUT2D eigenvalue weighted by Crippen LogP contribution is -2.28. The molecule has 0 radical (unpaired) electrons. The molecule has 7 heteroatoms. The average Bonchev–Trinajstić information content (AvgIpc) is 2.75. The van der Waals surface area contributed by atoms with Crippen molar-refractivity contribution in [1.29, 1.82) is 0 Å². The summed E-state index contributed by atoms with van der Waals surface area (Å²) in [4.78, 5) is 34.1. The van der Waals surface area contributed by atoms with Gasteiger partial charge >= 0.3 is 0 Å². The summed E-state index contributed by atoms with van der Waals surface area (Å²) in [6, 6.07) is 12.9. The highest BCUT2D eigenvalue weighted by Gasteiger charge is 2.22. The zero-order valence-electron chi connectivity index (χ0n) is 16.1. The van der Waals surface area contributed by atoms with Gasteiger partial charge in [-0.25, -0.2) is 4.68 Å². The van der Waals surface area contributed by atoms with E-state index in [1.807, 2.05) is 37.3 Å². The van der Waals surface area contributed by atoms with Gasteiger partial charge in [-0.2, -0.15) is 5.10 Å². The van der Waals surface area contributed by atoms with Crippen LogP contribution in [0, 0.1) is 0 Å². The van der Waals surface area contributed by atoms with Gasteiger partial charge in [0, 0.05) is 41.8 Å². The molecule has 0 amide bonds. The quantitative estimate of drug-likeness (QED) is 0.525. The maximum atomic E-state index is 13.1. The van der Waals surface area contributed by atoms with E-state index in [1.165, 1.54) is 11.6 Å². The first-order valence-corrected chi connectivity index (χ1v) is 9.27. The van der Waals surface area contributed by atoms with Crippen molar-refractivity contribution < 1.29 is 4.79 Å². The van der Waals surface area contributed by atoms with Crippen LogP contribution in [-0.4, -0.2) is 25.5 Å². The number of hydrogen-bond donors (Lipinski definition) is 1. The van der Waals surface area contributed by atoms with Crippen LogP contribution >= 0.6 is 0 Å². The van der Waals surface area contributed by atoms with Crippen LogP contribution in [0.4, 0.5) is 11.4 Å².